The first kappa shape index (κ1) is 23.7. The summed E-state index contributed by atoms with van der Waals surface area (Å²) in [7, 11) is 0. The van der Waals surface area contributed by atoms with Crippen LogP contribution in [0.3, 0.4) is 0 Å². The van der Waals surface area contributed by atoms with Crippen LogP contribution >= 0.6 is 11.8 Å². The van der Waals surface area contributed by atoms with Crippen LogP contribution in [-0.2, 0) is 17.8 Å². The maximum atomic E-state index is 12.1. The van der Waals surface area contributed by atoms with Crippen molar-refractivity contribution in [2.75, 3.05) is 19.4 Å². The van der Waals surface area contributed by atoms with Crippen molar-refractivity contribution in [3.8, 4) is 17.2 Å². The molecule has 0 unspecified atom stereocenters. The summed E-state index contributed by atoms with van der Waals surface area (Å²) in [5.74, 6) is 3.43. The molecule has 1 heterocycles. The minimum atomic E-state index is -0.150. The van der Waals surface area contributed by atoms with Gasteiger partial charge in [0.25, 0.3) is 5.91 Å². The maximum absolute atomic E-state index is 12.1. The first-order valence-corrected chi connectivity index (χ1v) is 12.0. The molecule has 0 saturated heterocycles. The molecule has 0 bridgehead atoms. The van der Waals surface area contributed by atoms with Crippen LogP contribution in [0.4, 0.5) is 0 Å². The normalized spacial score (nSPS) is 10.9. The van der Waals surface area contributed by atoms with Crippen LogP contribution in [0.1, 0.15) is 26.1 Å². The first-order valence-electron chi connectivity index (χ1n) is 10.7. The molecule has 32 heavy (non-hydrogen) atoms. The molecule has 3 aromatic rings. The Labute approximate surface area is 193 Å². The Morgan fingerprint density at radius 3 is 2.41 bits per heavy atom. The Bertz CT molecular complexity index is 975. The molecule has 1 aromatic heterocycles. The van der Waals surface area contributed by atoms with Crippen LogP contribution in [-0.4, -0.2) is 40.1 Å². The zero-order valence-corrected chi connectivity index (χ0v) is 19.6. The summed E-state index contributed by atoms with van der Waals surface area (Å²) < 4.78 is 13.5. The Morgan fingerprint density at radius 2 is 1.72 bits per heavy atom. The molecular weight excluding hydrogens is 424 g/mol. The van der Waals surface area contributed by atoms with Gasteiger partial charge in [0.1, 0.15) is 23.1 Å². The quantitative estimate of drug-likeness (QED) is 0.319. The number of benzene rings is 2. The summed E-state index contributed by atoms with van der Waals surface area (Å²) in [6, 6.07) is 16.8. The lowest BCUT2D eigenvalue weighted by atomic mass is 10.2. The molecule has 1 N–H and O–H groups in total. The van der Waals surface area contributed by atoms with E-state index in [9.17, 15) is 4.79 Å². The lowest BCUT2D eigenvalue weighted by Crippen LogP contribution is -2.30. The van der Waals surface area contributed by atoms with Gasteiger partial charge in [-0.3, -0.25) is 4.79 Å². The van der Waals surface area contributed by atoms with Crippen LogP contribution in [0, 0.1) is 5.92 Å². The van der Waals surface area contributed by atoms with Gasteiger partial charge in [-0.2, -0.15) is 0 Å². The predicted octanol–water partition coefficient (Wildman–Crippen LogP) is 4.58. The van der Waals surface area contributed by atoms with Gasteiger partial charge in [0.2, 0.25) is 0 Å². The van der Waals surface area contributed by atoms with E-state index in [1.807, 2.05) is 48.7 Å². The number of carbonyl (C=O) groups is 1. The lowest BCUT2D eigenvalue weighted by Gasteiger charge is -2.12. The van der Waals surface area contributed by atoms with Crippen LogP contribution in [0.15, 0.2) is 59.8 Å². The average Bonchev–Trinajstić information content (AvgIpc) is 3.17. The number of aromatic nitrogens is 3. The van der Waals surface area contributed by atoms with Crippen molar-refractivity contribution < 1.29 is 14.3 Å². The van der Waals surface area contributed by atoms with Crippen molar-refractivity contribution in [2.45, 2.75) is 38.4 Å². The molecular formula is C24H30N4O3S. The molecule has 1 amide bonds. The van der Waals surface area contributed by atoms with Crippen molar-refractivity contribution >= 4 is 17.7 Å². The molecule has 0 atom stereocenters. The number of nitrogens with zero attached hydrogens (tertiary/aromatic N) is 3. The molecule has 0 aliphatic heterocycles. The summed E-state index contributed by atoms with van der Waals surface area (Å²) in [5.41, 5.74) is 0. The molecule has 0 aliphatic carbocycles. The van der Waals surface area contributed by atoms with Crippen LogP contribution < -0.4 is 14.8 Å². The third-order valence-electron chi connectivity index (χ3n) is 4.60. The van der Waals surface area contributed by atoms with Crippen molar-refractivity contribution in [3.63, 3.8) is 0 Å². The number of nitrogens with one attached hydrogen (secondary N) is 1. The zero-order chi connectivity index (χ0) is 22.8. The Balaban J connectivity index is 1.37. The van der Waals surface area contributed by atoms with E-state index in [0.29, 0.717) is 24.0 Å². The highest BCUT2D eigenvalue weighted by atomic mass is 32.2. The fourth-order valence-corrected chi connectivity index (χ4v) is 3.63. The first-order chi connectivity index (χ1) is 15.5. The SMILES string of the molecule is CSc1nnc(CCCNC(=O)COc2ccc(Oc3ccccc3)cc2)n1CC(C)C. The predicted molar refractivity (Wildman–Crippen MR) is 126 cm³/mol. The second kappa shape index (κ2) is 12.1. The Morgan fingerprint density at radius 1 is 1.03 bits per heavy atom. The fourth-order valence-electron chi connectivity index (χ4n) is 3.11. The number of carbonyl (C=O) groups excluding carboxylic acids is 1. The second-order valence-electron chi connectivity index (χ2n) is 7.74. The van der Waals surface area contributed by atoms with Crippen molar-refractivity contribution in [1.29, 1.82) is 0 Å². The van der Waals surface area contributed by atoms with Crippen molar-refractivity contribution in [1.82, 2.24) is 20.1 Å². The number of aryl methyl sites for hydroxylation is 1. The summed E-state index contributed by atoms with van der Waals surface area (Å²) in [6.45, 7) is 5.79. The number of hydrogen-bond donors (Lipinski definition) is 1. The van der Waals surface area contributed by atoms with Crippen LogP contribution in [0.25, 0.3) is 0 Å². The molecule has 170 valence electrons. The Hall–Kier alpha value is -3.00. The van der Waals surface area contributed by atoms with Gasteiger partial charge in [-0.1, -0.05) is 43.8 Å². The molecule has 0 radical (unpaired) electrons. The van der Waals surface area contributed by atoms with Crippen LogP contribution in [0.2, 0.25) is 0 Å². The molecule has 0 aliphatic rings. The van der Waals surface area contributed by atoms with E-state index in [2.05, 4.69) is 33.9 Å². The van der Waals surface area contributed by atoms with E-state index in [4.69, 9.17) is 9.47 Å². The van der Waals surface area contributed by atoms with Gasteiger partial charge in [-0.05, 0) is 55.0 Å². The highest BCUT2D eigenvalue weighted by Crippen LogP contribution is 2.23. The minimum absolute atomic E-state index is 0.0287. The average molecular weight is 455 g/mol. The number of rotatable bonds is 12. The summed E-state index contributed by atoms with van der Waals surface area (Å²) in [5, 5.41) is 12.4. The van der Waals surface area contributed by atoms with Gasteiger partial charge >= 0.3 is 0 Å². The van der Waals surface area contributed by atoms with Gasteiger partial charge in [0.15, 0.2) is 11.8 Å². The van der Waals surface area contributed by atoms with Gasteiger partial charge in [0, 0.05) is 19.5 Å². The highest BCUT2D eigenvalue weighted by Gasteiger charge is 2.12. The zero-order valence-electron chi connectivity index (χ0n) is 18.8. The molecule has 7 nitrogen and oxygen atoms in total. The van der Waals surface area contributed by atoms with Crippen LogP contribution in [0.5, 0.6) is 17.2 Å². The molecule has 0 spiro atoms. The maximum Gasteiger partial charge on any atom is 0.257 e. The van der Waals surface area contributed by atoms with E-state index in [-0.39, 0.29) is 12.5 Å². The summed E-state index contributed by atoms with van der Waals surface area (Å²) >= 11 is 1.60. The van der Waals surface area contributed by atoms with E-state index >= 15 is 0 Å². The van der Waals surface area contributed by atoms with Gasteiger partial charge in [-0.25, -0.2) is 0 Å². The number of thioether (sulfide) groups is 1. The lowest BCUT2D eigenvalue weighted by molar-refractivity contribution is -0.123. The molecule has 3 rings (SSSR count). The fraction of sp³-hybridized carbons (Fsp3) is 0.375. The van der Waals surface area contributed by atoms with E-state index in [1.165, 1.54) is 0 Å². The molecule has 0 saturated carbocycles. The largest absolute Gasteiger partial charge is 0.484 e. The third-order valence-corrected chi connectivity index (χ3v) is 5.26. The number of hydrogen-bond acceptors (Lipinski definition) is 6. The Kier molecular flexibility index (Phi) is 8.98. The van der Waals surface area contributed by atoms with Gasteiger partial charge in [-0.15, -0.1) is 10.2 Å². The minimum Gasteiger partial charge on any atom is -0.484 e. The summed E-state index contributed by atoms with van der Waals surface area (Å²) in [4.78, 5) is 12.1. The molecule has 2 aromatic carbocycles. The molecule has 0 fully saturated rings. The number of amides is 1. The van der Waals surface area contributed by atoms with Crippen molar-refractivity contribution in [3.05, 3.63) is 60.4 Å². The number of ether oxygens (including phenoxy) is 2. The van der Waals surface area contributed by atoms with Gasteiger partial charge < -0.3 is 19.4 Å². The van der Waals surface area contributed by atoms with E-state index < -0.39 is 0 Å². The summed E-state index contributed by atoms with van der Waals surface area (Å²) in [6.07, 6.45) is 3.57. The topological polar surface area (TPSA) is 78.3 Å². The second-order valence-corrected chi connectivity index (χ2v) is 8.51. The standard InChI is InChI=1S/C24H30N4O3S/c1-18(2)16-28-22(26-27-24(28)32-3)10-7-15-25-23(29)17-30-19-11-13-21(14-12-19)31-20-8-5-4-6-9-20/h4-6,8-9,11-14,18H,7,10,15-17H2,1-3H3,(H,25,29). The number of para-hydroxylation sites is 1. The third kappa shape index (κ3) is 7.30. The van der Waals surface area contributed by atoms with Crippen molar-refractivity contribution in [2.24, 2.45) is 5.92 Å². The van der Waals surface area contributed by atoms with E-state index in [1.54, 1.807) is 23.9 Å². The monoisotopic (exact) mass is 454 g/mol. The molecule has 8 heteroatoms. The van der Waals surface area contributed by atoms with E-state index in [0.717, 1.165) is 36.1 Å². The highest BCUT2D eigenvalue weighted by molar-refractivity contribution is 7.98. The smallest absolute Gasteiger partial charge is 0.257 e. The van der Waals surface area contributed by atoms with Gasteiger partial charge in [0.05, 0.1) is 0 Å².